The molecule has 0 heterocycles. The Balaban J connectivity index is 4.24. The zero-order valence-corrected chi connectivity index (χ0v) is 6.37. The third kappa shape index (κ3) is 2.40. The van der Waals surface area contributed by atoms with Crippen molar-refractivity contribution < 1.29 is 9.90 Å². The smallest absolute Gasteiger partial charge is 0.265 e. The van der Waals surface area contributed by atoms with Crippen LogP contribution >= 0.6 is 0 Å². The molecule has 11 heavy (non-hydrogen) atoms. The molecule has 1 N–H and O–H groups in total. The first-order chi connectivity index (χ1) is 5.17. The average molecular weight is 154 g/mol. The van der Waals surface area contributed by atoms with E-state index in [1.54, 1.807) is 13.0 Å². The lowest BCUT2D eigenvalue weighted by Gasteiger charge is -2.15. The van der Waals surface area contributed by atoms with E-state index in [2.05, 4.69) is 6.58 Å². The Hall–Kier alpha value is -1.34. The first-order valence-corrected chi connectivity index (χ1v) is 3.16. The van der Waals surface area contributed by atoms with Crippen LogP contribution in [0.4, 0.5) is 0 Å². The van der Waals surface area contributed by atoms with Crippen LogP contribution in [-0.2, 0) is 4.79 Å². The maximum Gasteiger partial charge on any atom is 0.265 e. The largest absolute Gasteiger partial charge is 0.376 e. The molecule has 0 rings (SSSR count). The minimum Gasteiger partial charge on any atom is -0.376 e. The van der Waals surface area contributed by atoms with E-state index in [0.29, 0.717) is 6.54 Å². The Kier molecular flexibility index (Phi) is 3.93. The summed E-state index contributed by atoms with van der Waals surface area (Å²) in [4.78, 5) is 12.1. The topological polar surface area (TPSA) is 64.3 Å². The molecule has 0 aromatic heterocycles. The fourth-order valence-electron chi connectivity index (χ4n) is 0.547. The van der Waals surface area contributed by atoms with Crippen molar-refractivity contribution in [1.29, 1.82) is 5.26 Å². The molecule has 0 aliphatic rings. The van der Waals surface area contributed by atoms with E-state index in [4.69, 9.17) is 10.4 Å². The molecule has 0 aliphatic heterocycles. The average Bonchev–Trinajstić information content (AvgIpc) is 2.05. The summed E-state index contributed by atoms with van der Waals surface area (Å²) in [6, 6.07) is 1.62. The molecule has 0 saturated heterocycles. The molecule has 0 aromatic carbocycles. The molecule has 0 atom stereocenters. The van der Waals surface area contributed by atoms with Gasteiger partial charge in [-0.2, -0.15) is 5.26 Å². The quantitative estimate of drug-likeness (QED) is 0.349. The molecular weight excluding hydrogens is 144 g/mol. The minimum atomic E-state index is -0.516. The molecule has 0 spiro atoms. The summed E-state index contributed by atoms with van der Waals surface area (Å²) in [5, 5.41) is 16.9. The second kappa shape index (κ2) is 4.47. The summed E-state index contributed by atoms with van der Waals surface area (Å²) < 4.78 is 0. The standard InChI is InChI=1S/C7H10N2O2/c1-3-9(5-10)7(11)6(2)4-8/h10H,2-3,5H2,1H3. The SMILES string of the molecule is C=C(C#N)C(=O)N(CC)CO. The van der Waals surface area contributed by atoms with E-state index in [9.17, 15) is 4.79 Å². The molecular formula is C7H10N2O2. The number of rotatable bonds is 3. The number of aliphatic hydroxyl groups is 1. The van der Waals surface area contributed by atoms with E-state index in [1.807, 2.05) is 0 Å². The summed E-state index contributed by atoms with van der Waals surface area (Å²) in [6.45, 7) is 4.93. The van der Waals surface area contributed by atoms with Crippen LogP contribution < -0.4 is 0 Å². The fraction of sp³-hybridized carbons (Fsp3) is 0.429. The van der Waals surface area contributed by atoms with Gasteiger partial charge in [-0.3, -0.25) is 4.79 Å². The number of aliphatic hydroxyl groups excluding tert-OH is 1. The molecule has 4 nitrogen and oxygen atoms in total. The maximum atomic E-state index is 11.0. The van der Waals surface area contributed by atoms with Crippen LogP contribution in [-0.4, -0.2) is 29.2 Å². The lowest BCUT2D eigenvalue weighted by molar-refractivity contribution is -0.129. The van der Waals surface area contributed by atoms with Gasteiger partial charge in [0.1, 0.15) is 18.4 Å². The van der Waals surface area contributed by atoms with Gasteiger partial charge in [-0.25, -0.2) is 0 Å². The Morgan fingerprint density at radius 2 is 2.36 bits per heavy atom. The Morgan fingerprint density at radius 3 is 2.64 bits per heavy atom. The molecule has 0 saturated carbocycles. The van der Waals surface area contributed by atoms with E-state index in [0.717, 1.165) is 4.90 Å². The molecule has 1 amide bonds. The van der Waals surface area contributed by atoms with E-state index in [1.165, 1.54) is 0 Å². The molecule has 0 bridgehead atoms. The lowest BCUT2D eigenvalue weighted by atomic mass is 10.3. The highest BCUT2D eigenvalue weighted by Crippen LogP contribution is 1.96. The van der Waals surface area contributed by atoms with Gasteiger partial charge in [0.05, 0.1) is 0 Å². The molecule has 0 fully saturated rings. The van der Waals surface area contributed by atoms with Crippen LogP contribution in [0.3, 0.4) is 0 Å². The number of nitrogens with zero attached hydrogens (tertiary/aromatic N) is 2. The molecule has 0 aromatic rings. The fourth-order valence-corrected chi connectivity index (χ4v) is 0.547. The van der Waals surface area contributed by atoms with Gasteiger partial charge in [0.2, 0.25) is 0 Å². The van der Waals surface area contributed by atoms with Crippen LogP contribution in [0.5, 0.6) is 0 Å². The number of amides is 1. The first kappa shape index (κ1) is 9.66. The van der Waals surface area contributed by atoms with Crippen LogP contribution in [0.1, 0.15) is 6.92 Å². The summed E-state index contributed by atoms with van der Waals surface area (Å²) in [5.41, 5.74) is -0.152. The molecule has 0 aliphatic carbocycles. The van der Waals surface area contributed by atoms with Crippen LogP contribution in [0.2, 0.25) is 0 Å². The van der Waals surface area contributed by atoms with Gasteiger partial charge in [-0.05, 0) is 6.92 Å². The van der Waals surface area contributed by atoms with Gasteiger partial charge < -0.3 is 10.0 Å². The van der Waals surface area contributed by atoms with Crippen molar-refractivity contribution in [2.75, 3.05) is 13.3 Å². The number of carbonyl (C=O) groups excluding carboxylic acids is 1. The normalized spacial score (nSPS) is 8.45. The van der Waals surface area contributed by atoms with Gasteiger partial charge in [-0.15, -0.1) is 0 Å². The number of likely N-dealkylation sites (N-methyl/N-ethyl adjacent to an activating group) is 1. The van der Waals surface area contributed by atoms with E-state index in [-0.39, 0.29) is 12.3 Å². The number of hydrogen-bond acceptors (Lipinski definition) is 3. The van der Waals surface area contributed by atoms with Crippen molar-refractivity contribution in [3.05, 3.63) is 12.2 Å². The number of carbonyl (C=O) groups is 1. The van der Waals surface area contributed by atoms with Crippen molar-refractivity contribution in [3.8, 4) is 6.07 Å². The molecule has 4 heteroatoms. The van der Waals surface area contributed by atoms with Gasteiger partial charge in [0.15, 0.2) is 0 Å². The Bertz CT molecular complexity index is 201. The predicted octanol–water partition coefficient (Wildman–Crippen LogP) is -0.136. The van der Waals surface area contributed by atoms with Gasteiger partial charge in [0.25, 0.3) is 5.91 Å². The first-order valence-electron chi connectivity index (χ1n) is 3.16. The minimum absolute atomic E-state index is 0.152. The highest BCUT2D eigenvalue weighted by atomic mass is 16.3. The third-order valence-electron chi connectivity index (χ3n) is 1.23. The van der Waals surface area contributed by atoms with Crippen molar-refractivity contribution in [2.24, 2.45) is 0 Å². The van der Waals surface area contributed by atoms with Crippen molar-refractivity contribution in [2.45, 2.75) is 6.92 Å². The molecule has 0 radical (unpaired) electrons. The van der Waals surface area contributed by atoms with Crippen molar-refractivity contribution in [1.82, 2.24) is 4.90 Å². The van der Waals surface area contributed by atoms with Crippen LogP contribution in [0.25, 0.3) is 0 Å². The summed E-state index contributed by atoms with van der Waals surface area (Å²) >= 11 is 0. The highest BCUT2D eigenvalue weighted by molar-refractivity contribution is 5.96. The molecule has 60 valence electrons. The van der Waals surface area contributed by atoms with Crippen molar-refractivity contribution >= 4 is 5.91 Å². The number of nitriles is 1. The van der Waals surface area contributed by atoms with E-state index >= 15 is 0 Å². The highest BCUT2D eigenvalue weighted by Gasteiger charge is 2.12. The Labute approximate surface area is 65.3 Å². The maximum absolute atomic E-state index is 11.0. The second-order valence-electron chi connectivity index (χ2n) is 1.89. The second-order valence-corrected chi connectivity index (χ2v) is 1.89. The molecule has 0 unspecified atom stereocenters. The lowest BCUT2D eigenvalue weighted by Crippen LogP contribution is -2.32. The Morgan fingerprint density at radius 1 is 1.82 bits per heavy atom. The van der Waals surface area contributed by atoms with Crippen molar-refractivity contribution in [3.63, 3.8) is 0 Å². The van der Waals surface area contributed by atoms with Gasteiger partial charge in [0, 0.05) is 6.54 Å². The van der Waals surface area contributed by atoms with Gasteiger partial charge >= 0.3 is 0 Å². The summed E-state index contributed by atoms with van der Waals surface area (Å²) in [5.74, 6) is -0.516. The predicted molar refractivity (Wildman–Crippen MR) is 39.2 cm³/mol. The van der Waals surface area contributed by atoms with E-state index < -0.39 is 5.91 Å². The monoisotopic (exact) mass is 154 g/mol. The number of hydrogen-bond donors (Lipinski definition) is 1. The van der Waals surface area contributed by atoms with Crippen LogP contribution in [0, 0.1) is 11.3 Å². The van der Waals surface area contributed by atoms with Gasteiger partial charge in [-0.1, -0.05) is 6.58 Å². The summed E-state index contributed by atoms with van der Waals surface area (Å²) in [7, 11) is 0. The van der Waals surface area contributed by atoms with Crippen LogP contribution in [0.15, 0.2) is 12.2 Å². The summed E-state index contributed by atoms with van der Waals surface area (Å²) in [6.07, 6.45) is 0. The zero-order valence-electron chi connectivity index (χ0n) is 6.37. The third-order valence-corrected chi connectivity index (χ3v) is 1.23. The zero-order chi connectivity index (χ0) is 8.85.